The maximum absolute atomic E-state index is 11.8. The van der Waals surface area contributed by atoms with E-state index in [9.17, 15) is 19.8 Å². The van der Waals surface area contributed by atoms with Crippen molar-refractivity contribution in [3.63, 3.8) is 0 Å². The molecule has 1 N–H and O–H groups in total. The van der Waals surface area contributed by atoms with Crippen LogP contribution in [0.5, 0.6) is 0 Å². The zero-order valence-corrected chi connectivity index (χ0v) is 15.1. The number of carbonyl (C=O) groups is 2. The summed E-state index contributed by atoms with van der Waals surface area (Å²) in [6.07, 6.45) is -0.759. The first-order valence-electron chi connectivity index (χ1n) is 5.25. The Morgan fingerprint density at radius 1 is 1.67 bits per heavy atom. The van der Waals surface area contributed by atoms with Crippen LogP contribution >= 0.6 is 23.5 Å². The average Bonchev–Trinajstić information content (AvgIpc) is 2.53. The van der Waals surface area contributed by atoms with Gasteiger partial charge in [-0.1, -0.05) is 18.7 Å². The van der Waals surface area contributed by atoms with E-state index < -0.39 is 18.0 Å². The fourth-order valence-corrected chi connectivity index (χ4v) is 4.79. The number of thioether (sulfide) groups is 2. The van der Waals surface area contributed by atoms with E-state index in [1.54, 1.807) is 6.92 Å². The molecule has 18 heavy (non-hydrogen) atoms. The topological polar surface area (TPSA) is 80.7 Å². The minimum absolute atomic E-state index is 0. The number of carbonyl (C=O) groups excluding carboxylic acids is 2. The number of rotatable bonds is 4. The molecular weight excluding hydrogens is 301 g/mol. The van der Waals surface area contributed by atoms with Gasteiger partial charge in [-0.05, 0) is 12.7 Å². The third-order valence-corrected chi connectivity index (χ3v) is 5.27. The number of carboxylic acid groups (broad SMARTS) is 1. The Labute approximate surface area is 156 Å². The predicted molar refractivity (Wildman–Crippen MR) is 63.6 cm³/mol. The fourth-order valence-electron chi connectivity index (χ4n) is 1.97. The molecule has 8 heteroatoms. The molecule has 94 valence electrons. The molecule has 0 radical (unpaired) electrons. The Hall–Kier alpha value is 0.976. The first-order chi connectivity index (χ1) is 7.99. The second-order valence-corrected chi connectivity index (χ2v) is 6.50. The van der Waals surface area contributed by atoms with E-state index in [1.165, 1.54) is 28.4 Å². The summed E-state index contributed by atoms with van der Waals surface area (Å²) in [5.41, 5.74) is -0.0336. The maximum Gasteiger partial charge on any atom is 1.00 e. The van der Waals surface area contributed by atoms with Crippen LogP contribution < -0.4 is 56.5 Å². The number of hydrogen-bond acceptors (Lipinski definition) is 6. The van der Waals surface area contributed by atoms with E-state index in [4.69, 9.17) is 0 Å². The van der Waals surface area contributed by atoms with Gasteiger partial charge in [-0.25, -0.2) is 0 Å². The van der Waals surface area contributed by atoms with Crippen molar-refractivity contribution in [3.05, 3.63) is 9.93 Å². The number of hydrogen-bond donors (Lipinski definition) is 1. The van der Waals surface area contributed by atoms with E-state index >= 15 is 0 Å². The molecule has 0 saturated carbocycles. The van der Waals surface area contributed by atoms with Gasteiger partial charge in [-0.2, -0.15) is 0 Å². The van der Waals surface area contributed by atoms with E-state index in [0.29, 0.717) is 4.24 Å². The molecule has 0 aliphatic carbocycles. The summed E-state index contributed by atoms with van der Waals surface area (Å²) in [7, 11) is 0. The summed E-state index contributed by atoms with van der Waals surface area (Å²) < 4.78 is 0.606. The quantitative estimate of drug-likeness (QED) is 0.430. The van der Waals surface area contributed by atoms with Crippen LogP contribution in [-0.2, 0) is 9.59 Å². The second-order valence-electron chi connectivity index (χ2n) is 3.84. The Bertz CT molecular complexity index is 413. The van der Waals surface area contributed by atoms with Gasteiger partial charge in [0, 0.05) is 0 Å². The minimum atomic E-state index is -1.33. The summed E-state index contributed by atoms with van der Waals surface area (Å²) in [5, 5.41) is 20.2. The Balaban J connectivity index is 0.00000162. The van der Waals surface area contributed by atoms with Gasteiger partial charge in [-0.3, -0.25) is 9.69 Å². The smallest absolute Gasteiger partial charge is 0.543 e. The van der Waals surface area contributed by atoms with Crippen LogP contribution in [0.15, 0.2) is 9.93 Å². The third-order valence-electron chi connectivity index (χ3n) is 2.73. The van der Waals surface area contributed by atoms with Crippen LogP contribution in [0.1, 0.15) is 13.8 Å². The van der Waals surface area contributed by atoms with E-state index in [1.807, 2.05) is 6.92 Å². The minimum Gasteiger partial charge on any atom is -0.543 e. The molecule has 3 atom stereocenters. The standard InChI is InChI=1S/C10H13NO4S2.K/c1-3-16-10-6(9(14)15)11-7(13)5(4(2)12)8(11)17-10;/h4-5,8,12H,3H2,1-2H3,(H,14,15);/q;+1/p-1/t4?,5-,8-;/m0./s1. The monoisotopic (exact) mass is 313 g/mol. The molecule has 0 aromatic carbocycles. The van der Waals surface area contributed by atoms with Gasteiger partial charge in [0.2, 0.25) is 5.91 Å². The number of nitrogens with zero attached hydrogens (tertiary/aromatic N) is 1. The van der Waals surface area contributed by atoms with Gasteiger partial charge < -0.3 is 15.0 Å². The number of aliphatic hydroxyl groups excluding tert-OH is 1. The summed E-state index contributed by atoms with van der Waals surface area (Å²) >= 11 is 2.71. The molecule has 1 amide bonds. The van der Waals surface area contributed by atoms with Crippen molar-refractivity contribution in [1.82, 2.24) is 4.90 Å². The van der Waals surface area contributed by atoms with Gasteiger partial charge in [0.15, 0.2) is 0 Å². The van der Waals surface area contributed by atoms with Gasteiger partial charge >= 0.3 is 51.4 Å². The third kappa shape index (κ3) is 2.71. The molecule has 2 aliphatic heterocycles. The van der Waals surface area contributed by atoms with Crippen LogP contribution in [0, 0.1) is 5.92 Å². The number of β-lactam (4-membered cyclic amide) rings is 1. The zero-order chi connectivity index (χ0) is 12.7. The second kappa shape index (κ2) is 6.62. The summed E-state index contributed by atoms with van der Waals surface area (Å²) in [6, 6.07) is 0. The van der Waals surface area contributed by atoms with E-state index in [2.05, 4.69) is 0 Å². The van der Waals surface area contributed by atoms with Crippen molar-refractivity contribution in [2.45, 2.75) is 25.3 Å². The Morgan fingerprint density at radius 2 is 2.28 bits per heavy atom. The van der Waals surface area contributed by atoms with E-state index in [-0.39, 0.29) is 68.4 Å². The molecule has 1 unspecified atom stereocenters. The Morgan fingerprint density at radius 3 is 2.72 bits per heavy atom. The van der Waals surface area contributed by atoms with E-state index in [0.717, 1.165) is 5.75 Å². The Kier molecular flexibility index (Phi) is 6.26. The van der Waals surface area contributed by atoms with Crippen molar-refractivity contribution in [1.29, 1.82) is 0 Å². The number of carboxylic acids is 1. The van der Waals surface area contributed by atoms with Crippen molar-refractivity contribution in [2.24, 2.45) is 5.92 Å². The maximum atomic E-state index is 11.8. The molecule has 2 heterocycles. The van der Waals surface area contributed by atoms with Crippen molar-refractivity contribution >= 4 is 35.4 Å². The number of amides is 1. The van der Waals surface area contributed by atoms with Crippen LogP contribution in [0.3, 0.4) is 0 Å². The molecule has 1 fully saturated rings. The molecule has 0 aromatic heterocycles. The molecular formula is C10H12KNO4S2. The molecule has 2 rings (SSSR count). The van der Waals surface area contributed by atoms with Crippen LogP contribution in [0.25, 0.3) is 0 Å². The van der Waals surface area contributed by atoms with Crippen LogP contribution in [0.2, 0.25) is 0 Å². The molecule has 0 spiro atoms. The number of fused-ring (bicyclic) bond motifs is 1. The molecule has 1 saturated heterocycles. The van der Waals surface area contributed by atoms with Gasteiger partial charge in [0.1, 0.15) is 5.37 Å². The SMILES string of the molecule is CCSC1=C(C(=O)[O-])N2C(=O)[C@H](C(C)O)[C@@H]2S1.[K+]. The first-order valence-corrected chi connectivity index (χ1v) is 7.11. The van der Waals surface area contributed by atoms with Gasteiger partial charge in [0.25, 0.3) is 0 Å². The normalized spacial score (nSPS) is 27.5. The van der Waals surface area contributed by atoms with Gasteiger partial charge in [0.05, 0.1) is 27.9 Å². The summed E-state index contributed by atoms with van der Waals surface area (Å²) in [4.78, 5) is 24.0. The first kappa shape index (κ1) is 17.0. The zero-order valence-electron chi connectivity index (χ0n) is 10.4. The van der Waals surface area contributed by atoms with Crippen molar-refractivity contribution in [2.75, 3.05) is 5.75 Å². The average molecular weight is 313 g/mol. The van der Waals surface area contributed by atoms with Gasteiger partial charge in [-0.15, -0.1) is 11.8 Å². The summed E-state index contributed by atoms with van der Waals surface area (Å²) in [6.45, 7) is 3.46. The van der Waals surface area contributed by atoms with Crippen molar-refractivity contribution in [3.8, 4) is 0 Å². The summed E-state index contributed by atoms with van der Waals surface area (Å²) in [5.74, 6) is -1.44. The number of aliphatic hydroxyl groups is 1. The van der Waals surface area contributed by atoms with Crippen LogP contribution in [-0.4, -0.2) is 39.1 Å². The van der Waals surface area contributed by atoms with Crippen LogP contribution in [0.4, 0.5) is 0 Å². The largest absolute Gasteiger partial charge is 1.00 e. The number of aliphatic carboxylic acids is 1. The molecule has 0 bridgehead atoms. The molecule has 2 aliphatic rings. The molecule has 5 nitrogen and oxygen atoms in total. The van der Waals surface area contributed by atoms with Crippen molar-refractivity contribution < 1.29 is 71.2 Å². The molecule has 0 aromatic rings. The fraction of sp³-hybridized carbons (Fsp3) is 0.600. The predicted octanol–water partition coefficient (Wildman–Crippen LogP) is -3.43.